The van der Waals surface area contributed by atoms with E-state index in [1.54, 1.807) is 6.07 Å². The zero-order valence-corrected chi connectivity index (χ0v) is 14.5. The van der Waals surface area contributed by atoms with E-state index in [-0.39, 0.29) is 5.69 Å². The van der Waals surface area contributed by atoms with Crippen LogP contribution in [0.25, 0.3) is 0 Å². The molecule has 0 radical (unpaired) electrons. The van der Waals surface area contributed by atoms with Crippen LogP contribution >= 0.6 is 23.6 Å². The monoisotopic (exact) mass is 371 g/mol. The second kappa shape index (κ2) is 8.46. The molecule has 1 amide bonds. The van der Waals surface area contributed by atoms with Gasteiger partial charge in [0.1, 0.15) is 0 Å². The van der Waals surface area contributed by atoms with Crippen molar-refractivity contribution in [3.05, 3.63) is 58.1 Å². The van der Waals surface area contributed by atoms with E-state index in [4.69, 9.17) is 11.6 Å². The molecule has 0 aliphatic rings. The van der Waals surface area contributed by atoms with Gasteiger partial charge in [0, 0.05) is 29.4 Å². The van der Waals surface area contributed by atoms with Gasteiger partial charge in [-0.3, -0.25) is 4.79 Å². The molecule has 2 aromatic rings. The first-order chi connectivity index (χ1) is 11.5. The minimum Gasteiger partial charge on any atom is -0.325 e. The SMILES string of the molecule is CCCCc1cc(Cl)c(SO)cc1C(=O)Nc1ccc(F)c(F)c1. The molecule has 7 heteroatoms. The number of unbranched alkanes of at least 4 members (excludes halogenated alkanes) is 1. The first-order valence-electron chi connectivity index (χ1n) is 7.36. The van der Waals surface area contributed by atoms with Gasteiger partial charge in [0.05, 0.1) is 9.92 Å². The number of rotatable bonds is 6. The molecule has 2 N–H and O–H groups in total. The van der Waals surface area contributed by atoms with Crippen LogP contribution in [0.3, 0.4) is 0 Å². The van der Waals surface area contributed by atoms with Gasteiger partial charge in [-0.15, -0.1) is 0 Å². The second-order valence-electron chi connectivity index (χ2n) is 5.22. The number of halogens is 3. The fourth-order valence-electron chi connectivity index (χ4n) is 2.22. The molecule has 2 rings (SSSR count). The van der Waals surface area contributed by atoms with Gasteiger partial charge in [-0.1, -0.05) is 24.9 Å². The molecule has 2 aromatic carbocycles. The number of benzene rings is 2. The molecule has 0 heterocycles. The van der Waals surface area contributed by atoms with E-state index in [1.165, 1.54) is 12.1 Å². The van der Waals surface area contributed by atoms with Gasteiger partial charge in [0.2, 0.25) is 0 Å². The summed E-state index contributed by atoms with van der Waals surface area (Å²) in [7, 11) is 0. The summed E-state index contributed by atoms with van der Waals surface area (Å²) in [5.41, 5.74) is 1.22. The maximum absolute atomic E-state index is 13.3. The van der Waals surface area contributed by atoms with Gasteiger partial charge in [-0.25, -0.2) is 8.78 Å². The number of aryl methyl sites for hydroxylation is 1. The molecule has 128 valence electrons. The fraction of sp³-hybridized carbons (Fsp3) is 0.235. The molecule has 0 aliphatic carbocycles. The lowest BCUT2D eigenvalue weighted by atomic mass is 10.0. The van der Waals surface area contributed by atoms with Crippen molar-refractivity contribution in [1.82, 2.24) is 0 Å². The molecule has 0 bridgehead atoms. The molecule has 24 heavy (non-hydrogen) atoms. The van der Waals surface area contributed by atoms with Crippen LogP contribution < -0.4 is 5.32 Å². The maximum atomic E-state index is 13.3. The minimum absolute atomic E-state index is 0.147. The quantitative estimate of drug-likeness (QED) is 0.633. The normalized spacial score (nSPS) is 10.7. The number of hydrogen-bond donors (Lipinski definition) is 2. The van der Waals surface area contributed by atoms with Crippen molar-refractivity contribution in [1.29, 1.82) is 0 Å². The lowest BCUT2D eigenvalue weighted by Gasteiger charge is -2.13. The van der Waals surface area contributed by atoms with Gasteiger partial charge in [-0.2, -0.15) is 0 Å². The highest BCUT2D eigenvalue weighted by atomic mass is 35.5. The predicted octanol–water partition coefficient (Wildman–Crippen LogP) is 5.78. The number of hydrogen-bond acceptors (Lipinski definition) is 3. The topological polar surface area (TPSA) is 49.3 Å². The third-order valence-electron chi connectivity index (χ3n) is 3.48. The van der Waals surface area contributed by atoms with E-state index in [2.05, 4.69) is 5.32 Å². The highest BCUT2D eigenvalue weighted by Crippen LogP contribution is 2.30. The number of anilines is 1. The largest absolute Gasteiger partial charge is 0.325 e. The lowest BCUT2D eigenvalue weighted by molar-refractivity contribution is 0.102. The van der Waals surface area contributed by atoms with Crippen LogP contribution in [0.5, 0.6) is 0 Å². The summed E-state index contributed by atoms with van der Waals surface area (Å²) in [6.45, 7) is 2.03. The van der Waals surface area contributed by atoms with Crippen LogP contribution in [0.2, 0.25) is 5.02 Å². The number of amides is 1. The van der Waals surface area contributed by atoms with Crippen LogP contribution in [0.4, 0.5) is 14.5 Å². The predicted molar refractivity (Wildman–Crippen MR) is 92.9 cm³/mol. The first kappa shape index (κ1) is 18.7. The molecule has 0 saturated heterocycles. The summed E-state index contributed by atoms with van der Waals surface area (Å²) >= 11 is 6.53. The molecule has 0 unspecified atom stereocenters. The van der Waals surface area contributed by atoms with E-state index in [9.17, 15) is 18.1 Å². The van der Waals surface area contributed by atoms with Crippen LogP contribution in [0.1, 0.15) is 35.7 Å². The zero-order chi connectivity index (χ0) is 17.7. The van der Waals surface area contributed by atoms with Gasteiger partial charge < -0.3 is 9.87 Å². The minimum atomic E-state index is -1.04. The molecule has 3 nitrogen and oxygen atoms in total. The average Bonchev–Trinajstić information content (AvgIpc) is 2.56. The Morgan fingerprint density at radius 1 is 1.25 bits per heavy atom. The third kappa shape index (κ3) is 4.47. The van der Waals surface area contributed by atoms with Gasteiger partial charge in [-0.05, 0) is 42.7 Å². The summed E-state index contributed by atoms with van der Waals surface area (Å²) < 4.78 is 35.5. The molecule has 0 atom stereocenters. The molecule has 0 aliphatic heterocycles. The summed E-state index contributed by atoms with van der Waals surface area (Å²) in [4.78, 5) is 12.9. The number of carbonyl (C=O) groups excluding carboxylic acids is 1. The van der Waals surface area contributed by atoms with Crippen molar-refractivity contribution in [3.8, 4) is 0 Å². The van der Waals surface area contributed by atoms with Crippen LogP contribution in [-0.4, -0.2) is 10.5 Å². The summed E-state index contributed by atoms with van der Waals surface area (Å²) in [5.74, 6) is -2.50. The van der Waals surface area contributed by atoms with Crippen LogP contribution in [-0.2, 0) is 6.42 Å². The van der Waals surface area contributed by atoms with E-state index in [0.29, 0.717) is 33.9 Å². The van der Waals surface area contributed by atoms with Crippen molar-refractivity contribution in [2.45, 2.75) is 31.1 Å². The third-order valence-corrected chi connectivity index (χ3v) is 4.44. The Hall–Kier alpha value is -1.63. The Labute approximate surface area is 148 Å². The van der Waals surface area contributed by atoms with E-state index in [0.717, 1.165) is 30.5 Å². The Kier molecular flexibility index (Phi) is 6.60. The van der Waals surface area contributed by atoms with E-state index >= 15 is 0 Å². The molecule has 0 saturated carbocycles. The van der Waals surface area contributed by atoms with Crippen molar-refractivity contribution in [2.75, 3.05) is 5.32 Å². The van der Waals surface area contributed by atoms with E-state index < -0.39 is 17.5 Å². The van der Waals surface area contributed by atoms with Crippen molar-refractivity contribution in [2.24, 2.45) is 0 Å². The Balaban J connectivity index is 2.33. The zero-order valence-electron chi connectivity index (χ0n) is 12.9. The lowest BCUT2D eigenvalue weighted by Crippen LogP contribution is -2.15. The smallest absolute Gasteiger partial charge is 0.255 e. The highest BCUT2D eigenvalue weighted by Gasteiger charge is 2.16. The Morgan fingerprint density at radius 2 is 2.00 bits per heavy atom. The molecular formula is C17H16ClF2NO2S. The van der Waals surface area contributed by atoms with Crippen LogP contribution in [0.15, 0.2) is 35.2 Å². The second-order valence-corrected chi connectivity index (χ2v) is 6.25. The van der Waals surface area contributed by atoms with E-state index in [1.807, 2.05) is 6.92 Å². The first-order valence-corrected chi connectivity index (χ1v) is 8.51. The Morgan fingerprint density at radius 3 is 2.62 bits per heavy atom. The van der Waals surface area contributed by atoms with Crippen molar-refractivity contribution < 1.29 is 18.1 Å². The van der Waals surface area contributed by atoms with Gasteiger partial charge in [0.15, 0.2) is 11.6 Å². The highest BCUT2D eigenvalue weighted by molar-refractivity contribution is 7.93. The average molecular weight is 372 g/mol. The molecular weight excluding hydrogens is 356 g/mol. The number of carbonyl (C=O) groups is 1. The Bertz CT molecular complexity index is 756. The summed E-state index contributed by atoms with van der Waals surface area (Å²) in [5, 5.41) is 2.89. The van der Waals surface area contributed by atoms with Crippen LogP contribution in [0, 0.1) is 11.6 Å². The van der Waals surface area contributed by atoms with Crippen molar-refractivity contribution in [3.63, 3.8) is 0 Å². The summed E-state index contributed by atoms with van der Waals surface area (Å²) in [6.07, 6.45) is 2.46. The molecule has 0 aromatic heterocycles. The van der Waals surface area contributed by atoms with Gasteiger partial charge >= 0.3 is 0 Å². The fourth-order valence-corrected chi connectivity index (χ4v) is 2.83. The summed E-state index contributed by atoms with van der Waals surface area (Å²) in [6, 6.07) is 6.28. The standard InChI is InChI=1S/C17H16ClF2NO2S/c1-2-3-4-10-7-13(18)16(24-23)9-12(10)17(22)21-11-5-6-14(19)15(20)8-11/h5-9,23H,2-4H2,1H3,(H,21,22). The number of nitrogens with one attached hydrogen (secondary N) is 1. The molecule has 0 fully saturated rings. The maximum Gasteiger partial charge on any atom is 0.255 e. The molecule has 0 spiro atoms. The van der Waals surface area contributed by atoms with Crippen molar-refractivity contribution >= 4 is 35.2 Å². The van der Waals surface area contributed by atoms with Gasteiger partial charge in [0.25, 0.3) is 5.91 Å².